The van der Waals surface area contributed by atoms with Gasteiger partial charge in [-0.05, 0) is 113 Å². The minimum atomic E-state index is -4.73. The van der Waals surface area contributed by atoms with Crippen molar-refractivity contribution >= 4 is 28.8 Å². The van der Waals surface area contributed by atoms with Crippen LogP contribution in [0.5, 0.6) is 17.2 Å². The summed E-state index contributed by atoms with van der Waals surface area (Å²) in [5, 5.41) is 21.3. The highest BCUT2D eigenvalue weighted by Gasteiger charge is 2.31. The first-order valence-electron chi connectivity index (χ1n) is 15.8. The number of nitro groups is 1. The van der Waals surface area contributed by atoms with Gasteiger partial charge in [-0.3, -0.25) is 4.57 Å². The average Bonchev–Trinajstić information content (AvgIpc) is 3.46. The second kappa shape index (κ2) is 16.1. The van der Waals surface area contributed by atoms with Crippen LogP contribution in [0.1, 0.15) is 31.2 Å². The second-order valence-electron chi connectivity index (χ2n) is 11.8. The first kappa shape index (κ1) is 35.6. The van der Waals surface area contributed by atoms with Crippen LogP contribution >= 0.6 is 11.6 Å². The number of aryl methyl sites for hydroxylation is 1. The first-order valence-corrected chi connectivity index (χ1v) is 16.1. The molecule has 4 aromatic rings. The molecular weight excluding hydrogens is 667 g/mol. The zero-order valence-electron chi connectivity index (χ0n) is 26.8. The Bertz CT molecular complexity index is 1660. The van der Waals surface area contributed by atoms with Crippen LogP contribution in [-0.4, -0.2) is 64.8 Å². The van der Waals surface area contributed by atoms with E-state index < -0.39 is 17.4 Å². The van der Waals surface area contributed by atoms with Crippen LogP contribution in [0, 0.1) is 10.1 Å². The number of nitrogens with zero attached hydrogens (tertiary/aromatic N) is 5. The highest BCUT2D eigenvalue weighted by Crippen LogP contribution is 2.29. The number of aliphatic hydroxyl groups excluding tert-OH is 1. The average molecular weight is 704 g/mol. The summed E-state index contributed by atoms with van der Waals surface area (Å²) in [4.78, 5) is 18.6. The number of imidazole rings is 1. The molecule has 2 heterocycles. The van der Waals surface area contributed by atoms with E-state index in [0.717, 1.165) is 43.7 Å². The molecule has 262 valence electrons. The molecule has 3 aromatic carbocycles. The number of halogens is 4. The Morgan fingerprint density at radius 3 is 2.33 bits per heavy atom. The van der Waals surface area contributed by atoms with E-state index in [2.05, 4.69) is 26.6 Å². The highest BCUT2D eigenvalue weighted by molar-refractivity contribution is 6.28. The molecule has 0 amide bonds. The van der Waals surface area contributed by atoms with Crippen LogP contribution in [0.15, 0.2) is 79.0 Å². The van der Waals surface area contributed by atoms with Gasteiger partial charge in [0.15, 0.2) is 0 Å². The molecule has 11 nitrogen and oxygen atoms in total. The van der Waals surface area contributed by atoms with Crippen molar-refractivity contribution in [3.63, 3.8) is 0 Å². The van der Waals surface area contributed by atoms with E-state index in [1.54, 1.807) is 0 Å². The molecule has 1 aliphatic rings. The lowest BCUT2D eigenvalue weighted by atomic mass is 10.0. The van der Waals surface area contributed by atoms with Crippen molar-refractivity contribution in [2.45, 2.75) is 57.3 Å². The maximum absolute atomic E-state index is 12.4. The molecule has 0 radical (unpaired) electrons. The number of alkyl halides is 3. The van der Waals surface area contributed by atoms with Crippen molar-refractivity contribution in [1.82, 2.24) is 9.55 Å². The smallest absolute Gasteiger partial charge is 0.491 e. The summed E-state index contributed by atoms with van der Waals surface area (Å²) < 4.78 is 54.1. The molecule has 15 heteroatoms. The fourth-order valence-corrected chi connectivity index (χ4v) is 5.85. The Kier molecular flexibility index (Phi) is 11.7. The quantitative estimate of drug-likeness (QED) is 0.101. The summed E-state index contributed by atoms with van der Waals surface area (Å²) in [6, 6.07) is 21.4. The minimum Gasteiger partial charge on any atom is -0.491 e. The molecule has 0 spiro atoms. The van der Waals surface area contributed by atoms with Crippen LogP contribution in [0.3, 0.4) is 0 Å². The number of aliphatic hydroxyl groups is 1. The van der Waals surface area contributed by atoms with Crippen molar-refractivity contribution in [3.8, 4) is 17.2 Å². The molecular formula is C34H37ClF3N5O6. The third kappa shape index (κ3) is 10.4. The Balaban J connectivity index is 1.08. The summed E-state index contributed by atoms with van der Waals surface area (Å²) in [7, 11) is 2.05. The SMILES string of the molecule is CN(CC1CCCCN1c1ccc(OC[C@@H](O)CCn2cc([N+](=O)[O-])nc2Cl)cc1)c1ccc(OCc2ccc(OC(F)(F)F)cc2)cc1. The van der Waals surface area contributed by atoms with E-state index in [9.17, 15) is 28.4 Å². The topological polar surface area (TPSA) is 115 Å². The van der Waals surface area contributed by atoms with E-state index >= 15 is 0 Å². The van der Waals surface area contributed by atoms with E-state index in [1.807, 2.05) is 48.5 Å². The molecule has 1 saturated heterocycles. The molecule has 5 rings (SSSR count). The van der Waals surface area contributed by atoms with Gasteiger partial charge >= 0.3 is 17.5 Å². The van der Waals surface area contributed by atoms with Gasteiger partial charge in [0.2, 0.25) is 0 Å². The Morgan fingerprint density at radius 1 is 1.02 bits per heavy atom. The maximum Gasteiger partial charge on any atom is 0.573 e. The lowest BCUT2D eigenvalue weighted by molar-refractivity contribution is -0.389. The van der Waals surface area contributed by atoms with Gasteiger partial charge in [-0.1, -0.05) is 12.1 Å². The summed E-state index contributed by atoms with van der Waals surface area (Å²) in [6.07, 6.45) is -0.723. The van der Waals surface area contributed by atoms with Crippen LogP contribution in [0.2, 0.25) is 5.28 Å². The summed E-state index contributed by atoms with van der Waals surface area (Å²) in [5.41, 5.74) is 2.83. The molecule has 0 saturated carbocycles. The third-order valence-electron chi connectivity index (χ3n) is 8.17. The van der Waals surface area contributed by atoms with Gasteiger partial charge in [0, 0.05) is 44.1 Å². The van der Waals surface area contributed by atoms with Gasteiger partial charge in [0.1, 0.15) is 36.7 Å². The zero-order chi connectivity index (χ0) is 35.0. The zero-order valence-corrected chi connectivity index (χ0v) is 27.5. The monoisotopic (exact) mass is 703 g/mol. The molecule has 2 atom stereocenters. The molecule has 1 aromatic heterocycles. The highest BCUT2D eigenvalue weighted by atomic mass is 35.5. The lowest BCUT2D eigenvalue weighted by Crippen LogP contribution is -2.46. The van der Waals surface area contributed by atoms with Crippen molar-refractivity contribution in [3.05, 3.63) is 100.0 Å². The number of hydrogen-bond acceptors (Lipinski definition) is 9. The molecule has 1 N–H and O–H groups in total. The van der Waals surface area contributed by atoms with E-state index in [4.69, 9.17) is 21.1 Å². The standard InChI is InChI=1S/C34H37ClF3N5O6/c1-40(25-7-13-29(14-8-25)47-22-24-5-11-31(12-6-24)49-34(36,37)38)20-27-4-2-3-18-42(27)26-9-15-30(16-10-26)48-23-28(44)17-19-41-21-32(43(45)46)39-33(41)35/h5-16,21,27-28,44H,2-4,17-20,22-23H2,1H3/t27?,28-/m0/s1. The van der Waals surface area contributed by atoms with E-state index in [-0.39, 0.29) is 43.0 Å². The molecule has 49 heavy (non-hydrogen) atoms. The van der Waals surface area contributed by atoms with E-state index in [0.29, 0.717) is 23.1 Å². The number of anilines is 2. The Morgan fingerprint density at radius 2 is 1.67 bits per heavy atom. The summed E-state index contributed by atoms with van der Waals surface area (Å²) in [6.45, 7) is 2.27. The minimum absolute atomic E-state index is 0.00764. The Labute approximate surface area is 286 Å². The van der Waals surface area contributed by atoms with Crippen molar-refractivity contribution in [2.75, 3.05) is 36.5 Å². The molecule has 0 bridgehead atoms. The van der Waals surface area contributed by atoms with Crippen molar-refractivity contribution in [1.29, 1.82) is 0 Å². The van der Waals surface area contributed by atoms with Gasteiger partial charge in [0.25, 0.3) is 0 Å². The molecule has 0 aliphatic carbocycles. The second-order valence-corrected chi connectivity index (χ2v) is 12.1. The number of ether oxygens (including phenoxy) is 3. The van der Waals surface area contributed by atoms with Crippen molar-refractivity contribution < 1.29 is 37.4 Å². The number of rotatable bonds is 15. The van der Waals surface area contributed by atoms with Gasteiger partial charge < -0.3 is 39.2 Å². The van der Waals surface area contributed by atoms with Crippen LogP contribution in [-0.2, 0) is 13.2 Å². The van der Waals surface area contributed by atoms with Crippen LogP contribution in [0.25, 0.3) is 0 Å². The molecule has 1 aliphatic heterocycles. The number of hydrogen-bond donors (Lipinski definition) is 1. The van der Waals surface area contributed by atoms with Crippen LogP contribution < -0.4 is 24.0 Å². The summed E-state index contributed by atoms with van der Waals surface area (Å²) in [5.74, 6) is 0.657. The predicted octanol–water partition coefficient (Wildman–Crippen LogP) is 7.25. The maximum atomic E-state index is 12.4. The fraction of sp³-hybridized carbons (Fsp3) is 0.382. The Hall–Kier alpha value is -4.69. The number of aromatic nitrogens is 2. The number of benzene rings is 3. The first-order chi connectivity index (χ1) is 23.4. The van der Waals surface area contributed by atoms with E-state index in [1.165, 1.54) is 35.0 Å². The largest absolute Gasteiger partial charge is 0.573 e. The fourth-order valence-electron chi connectivity index (χ4n) is 5.63. The summed E-state index contributed by atoms with van der Waals surface area (Å²) >= 11 is 5.94. The van der Waals surface area contributed by atoms with Gasteiger partial charge in [-0.2, -0.15) is 0 Å². The van der Waals surface area contributed by atoms with Gasteiger partial charge in [-0.15, -0.1) is 13.2 Å². The van der Waals surface area contributed by atoms with Crippen molar-refractivity contribution in [2.24, 2.45) is 0 Å². The molecule has 1 fully saturated rings. The lowest BCUT2D eigenvalue weighted by Gasteiger charge is -2.40. The van der Waals surface area contributed by atoms with Gasteiger partial charge in [0.05, 0.1) is 6.10 Å². The van der Waals surface area contributed by atoms with Gasteiger partial charge in [-0.25, -0.2) is 0 Å². The molecule has 1 unspecified atom stereocenters. The number of likely N-dealkylation sites (N-methyl/N-ethyl adjacent to an activating group) is 1. The predicted molar refractivity (Wildman–Crippen MR) is 179 cm³/mol. The third-order valence-corrected chi connectivity index (χ3v) is 8.47. The van der Waals surface area contributed by atoms with Crippen LogP contribution in [0.4, 0.5) is 30.4 Å². The number of piperidine rings is 1. The normalized spacial score (nSPS) is 15.5.